The van der Waals surface area contributed by atoms with Crippen LogP contribution in [-0.4, -0.2) is 34.5 Å². The van der Waals surface area contributed by atoms with Crippen molar-refractivity contribution in [3.05, 3.63) is 53.2 Å². The molecule has 9 heteroatoms. The normalized spacial score (nSPS) is 12.2. The zero-order valence-electron chi connectivity index (χ0n) is 13.1. The molecule has 3 N–H and O–H groups in total. The molecule has 1 heterocycles. The summed E-state index contributed by atoms with van der Waals surface area (Å²) in [5, 5.41) is 7.65. The fourth-order valence-corrected chi connectivity index (χ4v) is 3.96. The number of benzene rings is 1. The van der Waals surface area contributed by atoms with Crippen LogP contribution in [0.15, 0.2) is 51.0 Å². The molecule has 6 nitrogen and oxygen atoms in total. The molecule has 0 aliphatic rings. The molecule has 0 amide bonds. The lowest BCUT2D eigenvalue weighted by molar-refractivity contribution is 0.582. The van der Waals surface area contributed by atoms with Crippen LogP contribution in [0.4, 0.5) is 4.39 Å². The minimum absolute atomic E-state index is 0.209. The van der Waals surface area contributed by atoms with Crippen molar-refractivity contribution in [3.8, 4) is 0 Å². The van der Waals surface area contributed by atoms with Crippen LogP contribution in [-0.2, 0) is 16.6 Å². The van der Waals surface area contributed by atoms with Gasteiger partial charge in [0.2, 0.25) is 10.0 Å². The number of aliphatic imine (C=N–C) groups is 1. The van der Waals surface area contributed by atoms with Gasteiger partial charge in [-0.2, -0.15) is 0 Å². The van der Waals surface area contributed by atoms with Gasteiger partial charge >= 0.3 is 0 Å². The Labute approximate surface area is 144 Å². The third kappa shape index (κ3) is 5.29. The van der Waals surface area contributed by atoms with E-state index >= 15 is 0 Å². The van der Waals surface area contributed by atoms with E-state index in [4.69, 9.17) is 0 Å². The van der Waals surface area contributed by atoms with Crippen LogP contribution in [0.25, 0.3) is 0 Å². The van der Waals surface area contributed by atoms with Crippen LogP contribution < -0.4 is 15.4 Å². The molecule has 2 rings (SSSR count). The summed E-state index contributed by atoms with van der Waals surface area (Å²) in [6, 6.07) is 9.71. The molecule has 0 aliphatic carbocycles. The van der Waals surface area contributed by atoms with E-state index in [1.807, 2.05) is 0 Å². The summed E-state index contributed by atoms with van der Waals surface area (Å²) in [7, 11) is -1.87. The van der Waals surface area contributed by atoms with Gasteiger partial charge < -0.3 is 10.6 Å². The molecule has 0 atom stereocenters. The summed E-state index contributed by atoms with van der Waals surface area (Å²) in [6.07, 6.45) is 0. The van der Waals surface area contributed by atoms with Gasteiger partial charge in [-0.05, 0) is 17.5 Å². The lowest BCUT2D eigenvalue weighted by Crippen LogP contribution is -2.41. The van der Waals surface area contributed by atoms with Crippen LogP contribution >= 0.6 is 11.3 Å². The number of nitrogens with one attached hydrogen (secondary N) is 3. The average Bonchev–Trinajstić information content (AvgIpc) is 3.11. The van der Waals surface area contributed by atoms with Gasteiger partial charge in [-0.25, -0.2) is 17.5 Å². The lowest BCUT2D eigenvalue weighted by atomic mass is 10.2. The van der Waals surface area contributed by atoms with E-state index in [9.17, 15) is 12.8 Å². The van der Waals surface area contributed by atoms with Gasteiger partial charge in [0.25, 0.3) is 0 Å². The number of hydrogen-bond donors (Lipinski definition) is 3. The highest BCUT2D eigenvalue weighted by molar-refractivity contribution is 7.91. The van der Waals surface area contributed by atoms with Gasteiger partial charge in [0.15, 0.2) is 5.96 Å². The fourth-order valence-electron chi connectivity index (χ4n) is 1.90. The predicted molar refractivity (Wildman–Crippen MR) is 94.1 cm³/mol. The maximum atomic E-state index is 13.5. The summed E-state index contributed by atoms with van der Waals surface area (Å²) >= 11 is 1.16. The predicted octanol–water partition coefficient (Wildman–Crippen LogP) is 1.53. The molecular weight excluding hydrogens is 351 g/mol. The number of sulfonamides is 1. The molecule has 0 saturated heterocycles. The minimum atomic E-state index is -3.46. The first-order valence-electron chi connectivity index (χ1n) is 7.24. The molecule has 0 bridgehead atoms. The van der Waals surface area contributed by atoms with E-state index < -0.39 is 10.0 Å². The number of guanidine groups is 1. The highest BCUT2D eigenvalue weighted by Gasteiger charge is 2.13. The van der Waals surface area contributed by atoms with E-state index in [0.29, 0.717) is 18.1 Å². The Kier molecular flexibility index (Phi) is 6.71. The SMILES string of the molecule is CN=C(NCCNS(=O)(=O)c1cccs1)NCc1ccccc1F. The Balaban J connectivity index is 1.75. The van der Waals surface area contributed by atoms with E-state index in [2.05, 4.69) is 20.3 Å². The van der Waals surface area contributed by atoms with Crippen molar-refractivity contribution in [1.82, 2.24) is 15.4 Å². The Morgan fingerprint density at radius 1 is 1.17 bits per heavy atom. The van der Waals surface area contributed by atoms with Gasteiger partial charge in [-0.3, -0.25) is 4.99 Å². The fraction of sp³-hybridized carbons (Fsp3) is 0.267. The number of nitrogens with zero attached hydrogens (tertiary/aromatic N) is 1. The topological polar surface area (TPSA) is 82.6 Å². The second kappa shape index (κ2) is 8.76. The van der Waals surface area contributed by atoms with E-state index in [0.717, 1.165) is 11.3 Å². The van der Waals surface area contributed by atoms with Crippen molar-refractivity contribution >= 4 is 27.3 Å². The van der Waals surface area contributed by atoms with Gasteiger partial charge in [0, 0.05) is 32.2 Å². The van der Waals surface area contributed by atoms with Crippen LogP contribution in [0.2, 0.25) is 0 Å². The van der Waals surface area contributed by atoms with Gasteiger partial charge in [0.1, 0.15) is 10.0 Å². The largest absolute Gasteiger partial charge is 0.355 e. The molecule has 0 unspecified atom stereocenters. The van der Waals surface area contributed by atoms with Crippen molar-refractivity contribution in [2.45, 2.75) is 10.8 Å². The molecule has 24 heavy (non-hydrogen) atoms. The number of hydrogen-bond acceptors (Lipinski definition) is 4. The molecule has 0 spiro atoms. The number of thiophene rings is 1. The smallest absolute Gasteiger partial charge is 0.250 e. The standard InChI is InChI=1S/C15H19FN4O2S2/c1-17-15(19-11-12-5-2-3-6-13(12)16)18-8-9-20-24(21,22)14-7-4-10-23-14/h2-7,10,20H,8-9,11H2,1H3,(H2,17,18,19). The number of halogens is 1. The summed E-state index contributed by atoms with van der Waals surface area (Å²) < 4.78 is 40.2. The average molecular weight is 370 g/mol. The highest BCUT2D eigenvalue weighted by atomic mass is 32.2. The molecule has 0 saturated carbocycles. The lowest BCUT2D eigenvalue weighted by Gasteiger charge is -2.12. The maximum Gasteiger partial charge on any atom is 0.250 e. The van der Waals surface area contributed by atoms with E-state index in [1.165, 1.54) is 6.07 Å². The first kappa shape index (κ1) is 18.4. The molecule has 2 aromatic rings. The van der Waals surface area contributed by atoms with E-state index in [1.54, 1.807) is 42.8 Å². The van der Waals surface area contributed by atoms with Crippen LogP contribution in [0, 0.1) is 5.82 Å². The van der Waals surface area contributed by atoms with Gasteiger partial charge in [-0.1, -0.05) is 24.3 Å². The van der Waals surface area contributed by atoms with Crippen molar-refractivity contribution in [2.24, 2.45) is 4.99 Å². The molecule has 0 fully saturated rings. The first-order chi connectivity index (χ1) is 11.5. The van der Waals surface area contributed by atoms with Crippen molar-refractivity contribution in [1.29, 1.82) is 0 Å². The Morgan fingerprint density at radius 2 is 1.96 bits per heavy atom. The van der Waals surface area contributed by atoms with Gasteiger partial charge in [0.05, 0.1) is 0 Å². The Morgan fingerprint density at radius 3 is 2.62 bits per heavy atom. The Hall–Kier alpha value is -1.97. The summed E-state index contributed by atoms with van der Waals surface area (Å²) in [4.78, 5) is 4.01. The van der Waals surface area contributed by atoms with Crippen LogP contribution in [0.5, 0.6) is 0 Å². The van der Waals surface area contributed by atoms with Crippen LogP contribution in [0.3, 0.4) is 0 Å². The third-order valence-corrected chi connectivity index (χ3v) is 5.96. The van der Waals surface area contributed by atoms with Crippen molar-refractivity contribution < 1.29 is 12.8 Å². The monoisotopic (exact) mass is 370 g/mol. The number of rotatable bonds is 7. The molecule has 0 aliphatic heterocycles. The zero-order chi connectivity index (χ0) is 17.4. The molecular formula is C15H19FN4O2S2. The highest BCUT2D eigenvalue weighted by Crippen LogP contribution is 2.14. The van der Waals surface area contributed by atoms with Gasteiger partial charge in [-0.15, -0.1) is 11.3 Å². The third-order valence-electron chi connectivity index (χ3n) is 3.10. The minimum Gasteiger partial charge on any atom is -0.355 e. The second-order valence-electron chi connectivity index (χ2n) is 4.77. The molecule has 1 aromatic carbocycles. The summed E-state index contributed by atoms with van der Waals surface area (Å²) in [6.45, 7) is 0.843. The first-order valence-corrected chi connectivity index (χ1v) is 9.60. The second-order valence-corrected chi connectivity index (χ2v) is 7.72. The summed E-state index contributed by atoms with van der Waals surface area (Å²) in [5.41, 5.74) is 0.527. The summed E-state index contributed by atoms with van der Waals surface area (Å²) in [5.74, 6) is 0.178. The molecule has 0 radical (unpaired) electrons. The van der Waals surface area contributed by atoms with E-state index in [-0.39, 0.29) is 23.1 Å². The van der Waals surface area contributed by atoms with Crippen molar-refractivity contribution in [3.63, 3.8) is 0 Å². The van der Waals surface area contributed by atoms with Crippen LogP contribution in [0.1, 0.15) is 5.56 Å². The Bertz CT molecular complexity index is 777. The quantitative estimate of drug-likeness (QED) is 0.392. The molecule has 1 aromatic heterocycles. The maximum absolute atomic E-state index is 13.5. The van der Waals surface area contributed by atoms with Crippen molar-refractivity contribution in [2.75, 3.05) is 20.1 Å². The molecule has 130 valence electrons. The zero-order valence-corrected chi connectivity index (χ0v) is 14.8.